The average molecular weight is 214 g/mol. The van der Waals surface area contributed by atoms with E-state index in [2.05, 4.69) is 19.2 Å². The van der Waals surface area contributed by atoms with E-state index in [0.717, 1.165) is 25.8 Å². The van der Waals surface area contributed by atoms with Crippen molar-refractivity contribution in [1.82, 2.24) is 10.2 Å². The maximum Gasteiger partial charge on any atom is 0.317 e. The highest BCUT2D eigenvalue weighted by Gasteiger charge is 2.26. The van der Waals surface area contributed by atoms with Crippen LogP contribution in [0, 0.1) is 5.92 Å². The van der Waals surface area contributed by atoms with Crippen molar-refractivity contribution in [3.05, 3.63) is 0 Å². The number of amides is 2. The normalized spacial score (nSPS) is 21.1. The summed E-state index contributed by atoms with van der Waals surface area (Å²) in [5, 5.41) is 12.0. The lowest BCUT2D eigenvalue weighted by molar-refractivity contribution is 0.194. The van der Waals surface area contributed by atoms with Crippen LogP contribution in [0.4, 0.5) is 4.79 Å². The number of urea groups is 1. The van der Waals surface area contributed by atoms with Crippen LogP contribution in [-0.2, 0) is 0 Å². The van der Waals surface area contributed by atoms with Crippen molar-refractivity contribution >= 4 is 6.03 Å². The Labute approximate surface area is 91.6 Å². The lowest BCUT2D eigenvalue weighted by atomic mass is 10.1. The molecule has 0 aromatic rings. The Balaban J connectivity index is 2.34. The molecule has 1 rings (SSSR count). The van der Waals surface area contributed by atoms with E-state index in [4.69, 9.17) is 5.11 Å². The molecule has 88 valence electrons. The van der Waals surface area contributed by atoms with Crippen molar-refractivity contribution in [2.45, 2.75) is 39.2 Å². The summed E-state index contributed by atoms with van der Waals surface area (Å²) in [5.41, 5.74) is 0. The van der Waals surface area contributed by atoms with Gasteiger partial charge in [0.1, 0.15) is 0 Å². The molecule has 2 amide bonds. The number of carbonyl (C=O) groups excluding carboxylic acids is 1. The largest absolute Gasteiger partial charge is 0.396 e. The standard InChI is InChI=1S/C11H22N2O2/c1-3-10(4-2)12-11(15)13-6-5-9(7-13)8-14/h9-10,14H,3-8H2,1-2H3,(H,12,15). The first-order valence-corrected chi connectivity index (χ1v) is 5.87. The Bertz CT molecular complexity index is 205. The highest BCUT2D eigenvalue weighted by Crippen LogP contribution is 2.15. The van der Waals surface area contributed by atoms with Crippen LogP contribution in [0.2, 0.25) is 0 Å². The number of likely N-dealkylation sites (tertiary alicyclic amines) is 1. The van der Waals surface area contributed by atoms with Gasteiger partial charge in [-0.3, -0.25) is 0 Å². The molecule has 1 aliphatic rings. The lowest BCUT2D eigenvalue weighted by Crippen LogP contribution is -2.43. The molecule has 4 nitrogen and oxygen atoms in total. The first kappa shape index (κ1) is 12.3. The topological polar surface area (TPSA) is 52.6 Å². The number of aliphatic hydroxyl groups is 1. The minimum absolute atomic E-state index is 0.0275. The molecule has 0 aromatic heterocycles. The third kappa shape index (κ3) is 3.38. The zero-order valence-electron chi connectivity index (χ0n) is 9.70. The summed E-state index contributed by atoms with van der Waals surface area (Å²) < 4.78 is 0. The first-order chi connectivity index (χ1) is 7.21. The molecule has 0 spiro atoms. The second kappa shape index (κ2) is 5.95. The molecular formula is C11H22N2O2. The summed E-state index contributed by atoms with van der Waals surface area (Å²) in [6.07, 6.45) is 2.87. The van der Waals surface area contributed by atoms with Crippen molar-refractivity contribution in [1.29, 1.82) is 0 Å². The van der Waals surface area contributed by atoms with Crippen LogP contribution in [-0.4, -0.2) is 41.8 Å². The summed E-state index contributed by atoms with van der Waals surface area (Å²) in [7, 11) is 0. The van der Waals surface area contributed by atoms with Crippen LogP contribution >= 0.6 is 0 Å². The molecule has 0 aromatic carbocycles. The third-order valence-electron chi connectivity index (χ3n) is 3.14. The van der Waals surface area contributed by atoms with Crippen molar-refractivity contribution in [2.24, 2.45) is 5.92 Å². The molecule has 1 fully saturated rings. The van der Waals surface area contributed by atoms with Crippen LogP contribution in [0.5, 0.6) is 0 Å². The second-order valence-electron chi connectivity index (χ2n) is 4.25. The quantitative estimate of drug-likeness (QED) is 0.739. The fraction of sp³-hybridized carbons (Fsp3) is 0.909. The van der Waals surface area contributed by atoms with Crippen LogP contribution < -0.4 is 5.32 Å². The minimum atomic E-state index is 0.0275. The van der Waals surface area contributed by atoms with Crippen LogP contribution in [0.3, 0.4) is 0 Å². The van der Waals surface area contributed by atoms with Gasteiger partial charge in [0.25, 0.3) is 0 Å². The van der Waals surface area contributed by atoms with E-state index in [1.807, 2.05) is 0 Å². The van der Waals surface area contributed by atoms with E-state index < -0.39 is 0 Å². The van der Waals surface area contributed by atoms with Crippen LogP contribution in [0.15, 0.2) is 0 Å². The zero-order valence-corrected chi connectivity index (χ0v) is 9.70. The van der Waals surface area contributed by atoms with Gasteiger partial charge in [0.05, 0.1) is 0 Å². The summed E-state index contributed by atoms with van der Waals surface area (Å²) in [6.45, 7) is 5.82. The Hall–Kier alpha value is -0.770. The number of nitrogens with one attached hydrogen (secondary N) is 1. The Kier molecular flexibility index (Phi) is 4.88. The molecule has 1 atom stereocenters. The molecule has 1 heterocycles. The Morgan fingerprint density at radius 3 is 2.67 bits per heavy atom. The van der Waals surface area contributed by atoms with E-state index in [-0.39, 0.29) is 24.6 Å². The number of hydrogen-bond acceptors (Lipinski definition) is 2. The molecule has 15 heavy (non-hydrogen) atoms. The molecule has 0 bridgehead atoms. The van der Waals surface area contributed by atoms with Crippen molar-refractivity contribution in [2.75, 3.05) is 19.7 Å². The van der Waals surface area contributed by atoms with Crippen molar-refractivity contribution in [3.8, 4) is 0 Å². The molecule has 0 aliphatic carbocycles. The van der Waals surface area contributed by atoms with Gasteiger partial charge in [0.15, 0.2) is 0 Å². The third-order valence-corrected chi connectivity index (χ3v) is 3.14. The van der Waals surface area contributed by atoms with Gasteiger partial charge in [-0.25, -0.2) is 4.79 Å². The molecular weight excluding hydrogens is 192 g/mol. The van der Waals surface area contributed by atoms with Gasteiger partial charge in [-0.05, 0) is 19.3 Å². The fourth-order valence-corrected chi connectivity index (χ4v) is 1.92. The van der Waals surface area contributed by atoms with E-state index in [1.165, 1.54) is 0 Å². The minimum Gasteiger partial charge on any atom is -0.396 e. The van der Waals surface area contributed by atoms with Gasteiger partial charge in [0, 0.05) is 31.7 Å². The molecule has 2 N–H and O–H groups in total. The maximum atomic E-state index is 11.8. The monoisotopic (exact) mass is 214 g/mol. The highest BCUT2D eigenvalue weighted by atomic mass is 16.3. The summed E-state index contributed by atoms with van der Waals surface area (Å²) in [5.74, 6) is 0.275. The Morgan fingerprint density at radius 2 is 2.20 bits per heavy atom. The van der Waals surface area contributed by atoms with Gasteiger partial charge in [0.2, 0.25) is 0 Å². The van der Waals surface area contributed by atoms with Crippen LogP contribution in [0.25, 0.3) is 0 Å². The van der Waals surface area contributed by atoms with Crippen molar-refractivity contribution in [3.63, 3.8) is 0 Å². The Morgan fingerprint density at radius 1 is 1.53 bits per heavy atom. The molecule has 1 unspecified atom stereocenters. The smallest absolute Gasteiger partial charge is 0.317 e. The SMILES string of the molecule is CCC(CC)NC(=O)N1CCC(CO)C1. The summed E-state index contributed by atoms with van der Waals surface area (Å²) in [4.78, 5) is 13.6. The number of carbonyl (C=O) groups is 1. The number of aliphatic hydroxyl groups excluding tert-OH is 1. The predicted octanol–water partition coefficient (Wildman–Crippen LogP) is 1.20. The van der Waals surface area contributed by atoms with E-state index in [0.29, 0.717) is 6.54 Å². The van der Waals surface area contributed by atoms with Crippen LogP contribution in [0.1, 0.15) is 33.1 Å². The second-order valence-corrected chi connectivity index (χ2v) is 4.25. The molecule has 0 saturated carbocycles. The van der Waals surface area contributed by atoms with Gasteiger partial charge in [-0.15, -0.1) is 0 Å². The number of rotatable bonds is 4. The maximum absolute atomic E-state index is 11.8. The fourth-order valence-electron chi connectivity index (χ4n) is 1.92. The molecule has 1 saturated heterocycles. The van der Waals surface area contributed by atoms with E-state index in [1.54, 1.807) is 4.90 Å². The summed E-state index contributed by atoms with van der Waals surface area (Å²) >= 11 is 0. The van der Waals surface area contributed by atoms with Crippen molar-refractivity contribution < 1.29 is 9.90 Å². The molecule has 1 aliphatic heterocycles. The van der Waals surface area contributed by atoms with Gasteiger partial charge >= 0.3 is 6.03 Å². The molecule has 0 radical (unpaired) electrons. The van der Waals surface area contributed by atoms with Gasteiger partial charge in [-0.2, -0.15) is 0 Å². The molecule has 4 heteroatoms. The van der Waals surface area contributed by atoms with E-state index >= 15 is 0 Å². The highest BCUT2D eigenvalue weighted by molar-refractivity contribution is 5.74. The lowest BCUT2D eigenvalue weighted by Gasteiger charge is -2.21. The number of nitrogens with zero attached hydrogens (tertiary/aromatic N) is 1. The average Bonchev–Trinajstić information content (AvgIpc) is 2.74. The van der Waals surface area contributed by atoms with Gasteiger partial charge in [-0.1, -0.05) is 13.8 Å². The zero-order chi connectivity index (χ0) is 11.3. The summed E-state index contributed by atoms with van der Waals surface area (Å²) in [6, 6.07) is 0.310. The predicted molar refractivity (Wildman–Crippen MR) is 59.7 cm³/mol. The van der Waals surface area contributed by atoms with Gasteiger partial charge < -0.3 is 15.3 Å². The first-order valence-electron chi connectivity index (χ1n) is 5.87. The van der Waals surface area contributed by atoms with E-state index in [9.17, 15) is 4.79 Å². The number of hydrogen-bond donors (Lipinski definition) is 2.